The van der Waals surface area contributed by atoms with Crippen LogP contribution in [-0.4, -0.2) is 104 Å². The van der Waals surface area contributed by atoms with E-state index in [4.69, 9.17) is 22.9 Å². The molecular weight excluding hydrogens is 1060 g/mol. The number of Topliss-reactive ketones (excluding diaryl/α,β-unsaturated/α-hetero) is 4. The molecule has 0 aliphatic heterocycles. The molecule has 16 nitrogen and oxygen atoms in total. The summed E-state index contributed by atoms with van der Waals surface area (Å²) in [7, 11) is -14.3. The Morgan fingerprint density at radius 1 is 0.377 bits per heavy atom. The summed E-state index contributed by atoms with van der Waals surface area (Å²) in [5.41, 5.74) is 23.3. The van der Waals surface area contributed by atoms with E-state index in [1.165, 1.54) is 61.4 Å². The second kappa shape index (κ2) is 32.9. The quantitative estimate of drug-likeness (QED) is 0.0599. The van der Waals surface area contributed by atoms with Crippen molar-refractivity contribution in [3.8, 4) is 0 Å². The normalized spacial score (nSPS) is 16.0. The van der Waals surface area contributed by atoms with Crippen LogP contribution in [0.15, 0.2) is 141 Å². The van der Waals surface area contributed by atoms with Crippen molar-refractivity contribution in [1.29, 1.82) is 0 Å². The highest BCUT2D eigenvalue weighted by atomic mass is 32.2. The SMILES string of the molecule is C.CC(C)C[C@H](N)C(=O)CS(=O)(=O)c1ccccc1.CC(C)C[C@H](N)C(=O)CS(=O)(=O)c1ccccc1.N[C@H](C(=O)CS(=O)(=O)c1ccccc1)C1CCCCC1.N[C@H](C(=O)CS(=O)(=O)c1ccccc1)C1CCCCC1. The number of carbonyl (C=O) groups is 4. The molecule has 0 radical (unpaired) electrons. The highest BCUT2D eigenvalue weighted by Gasteiger charge is 2.32. The molecule has 2 aliphatic rings. The third kappa shape index (κ3) is 24.0. The molecule has 4 atom stereocenters. The largest absolute Gasteiger partial charge is 0.321 e. The van der Waals surface area contributed by atoms with E-state index in [1.807, 2.05) is 27.7 Å². The van der Waals surface area contributed by atoms with E-state index in [-0.39, 0.29) is 62.2 Å². The molecule has 2 saturated carbocycles. The van der Waals surface area contributed by atoms with Crippen molar-refractivity contribution >= 4 is 62.5 Å². The van der Waals surface area contributed by atoms with Gasteiger partial charge in [-0.2, -0.15) is 0 Å². The third-order valence-electron chi connectivity index (χ3n) is 13.1. The van der Waals surface area contributed by atoms with Crippen LogP contribution in [0.25, 0.3) is 0 Å². The summed E-state index contributed by atoms with van der Waals surface area (Å²) in [6, 6.07) is 29.3. The highest BCUT2D eigenvalue weighted by Crippen LogP contribution is 2.28. The molecule has 2 aliphatic carbocycles. The van der Waals surface area contributed by atoms with Gasteiger partial charge in [-0.25, -0.2) is 33.7 Å². The van der Waals surface area contributed by atoms with Gasteiger partial charge in [0.05, 0.1) is 43.7 Å². The van der Waals surface area contributed by atoms with E-state index < -0.39 is 98.1 Å². The van der Waals surface area contributed by atoms with Crippen molar-refractivity contribution in [2.24, 2.45) is 46.6 Å². The summed E-state index contributed by atoms with van der Waals surface area (Å²) in [6.07, 6.45) is 11.4. The van der Waals surface area contributed by atoms with Crippen LogP contribution in [0.1, 0.15) is 112 Å². The van der Waals surface area contributed by atoms with Gasteiger partial charge in [-0.1, -0.05) is 146 Å². The van der Waals surface area contributed by atoms with E-state index in [0.717, 1.165) is 51.4 Å². The summed E-state index contributed by atoms with van der Waals surface area (Å²) in [6.45, 7) is 7.77. The third-order valence-corrected chi connectivity index (χ3v) is 19.7. The van der Waals surface area contributed by atoms with Crippen LogP contribution in [-0.2, 0) is 58.5 Å². The first-order chi connectivity index (χ1) is 35.7. The first-order valence-electron chi connectivity index (χ1n) is 25.9. The van der Waals surface area contributed by atoms with Gasteiger partial charge in [0, 0.05) is 0 Å². The molecule has 0 heterocycles. The molecule has 4 aromatic carbocycles. The Morgan fingerprint density at radius 3 is 0.792 bits per heavy atom. The number of sulfone groups is 4. The molecule has 0 saturated heterocycles. The van der Waals surface area contributed by atoms with E-state index in [9.17, 15) is 52.8 Å². The maximum Gasteiger partial charge on any atom is 0.185 e. The van der Waals surface area contributed by atoms with Crippen molar-refractivity contribution in [3.63, 3.8) is 0 Å². The van der Waals surface area contributed by atoms with Crippen LogP contribution in [0, 0.1) is 23.7 Å². The second-order valence-electron chi connectivity index (χ2n) is 20.5. The van der Waals surface area contributed by atoms with Crippen molar-refractivity contribution in [2.75, 3.05) is 23.0 Å². The van der Waals surface area contributed by atoms with Gasteiger partial charge >= 0.3 is 0 Å². The molecule has 2 fully saturated rings. The molecule has 77 heavy (non-hydrogen) atoms. The zero-order chi connectivity index (χ0) is 56.7. The number of hydrogen-bond donors (Lipinski definition) is 4. The van der Waals surface area contributed by atoms with Crippen molar-refractivity contribution < 1.29 is 52.8 Å². The van der Waals surface area contributed by atoms with Gasteiger partial charge < -0.3 is 22.9 Å². The van der Waals surface area contributed by atoms with Gasteiger partial charge in [0.25, 0.3) is 0 Å². The van der Waals surface area contributed by atoms with Crippen molar-refractivity contribution in [1.82, 2.24) is 0 Å². The van der Waals surface area contributed by atoms with E-state index in [2.05, 4.69) is 0 Å². The maximum atomic E-state index is 12.2. The van der Waals surface area contributed by atoms with Crippen LogP contribution in [0.2, 0.25) is 0 Å². The second-order valence-corrected chi connectivity index (χ2v) is 28.4. The Hall–Kier alpha value is -4.80. The molecule has 0 bridgehead atoms. The van der Waals surface area contributed by atoms with Gasteiger partial charge in [0.15, 0.2) is 62.5 Å². The first kappa shape index (κ1) is 68.3. The van der Waals surface area contributed by atoms with E-state index >= 15 is 0 Å². The number of nitrogens with two attached hydrogens (primary N) is 4. The summed E-state index contributed by atoms with van der Waals surface area (Å²) in [5.74, 6) is -2.78. The molecule has 20 heteroatoms. The van der Waals surface area contributed by atoms with Crippen molar-refractivity contribution in [3.05, 3.63) is 121 Å². The minimum absolute atomic E-state index is 0. The van der Waals surface area contributed by atoms with Gasteiger partial charge in [0.2, 0.25) is 0 Å². The Kier molecular flexibility index (Phi) is 29.2. The Morgan fingerprint density at radius 2 is 0.584 bits per heavy atom. The lowest BCUT2D eigenvalue weighted by molar-refractivity contribution is -0.120. The lowest BCUT2D eigenvalue weighted by Crippen LogP contribution is -2.42. The van der Waals surface area contributed by atoms with Crippen LogP contribution < -0.4 is 22.9 Å². The summed E-state index contributed by atoms with van der Waals surface area (Å²) in [4.78, 5) is 48.5. The fourth-order valence-electron chi connectivity index (χ4n) is 8.79. The predicted octanol–water partition coefficient (Wildman–Crippen LogP) is 7.32. The Bertz CT molecular complexity index is 2680. The van der Waals surface area contributed by atoms with Crippen LogP contribution in [0.5, 0.6) is 0 Å². The lowest BCUT2D eigenvalue weighted by atomic mass is 9.83. The Balaban J connectivity index is 0.000000350. The zero-order valence-corrected chi connectivity index (χ0v) is 47.6. The predicted molar refractivity (Wildman–Crippen MR) is 305 cm³/mol. The Labute approximate surface area is 459 Å². The van der Waals surface area contributed by atoms with E-state index in [1.54, 1.807) is 72.8 Å². The number of ketones is 4. The average Bonchev–Trinajstić information content (AvgIpc) is 3.39. The summed E-state index contributed by atoms with van der Waals surface area (Å²) >= 11 is 0. The number of rotatable bonds is 22. The molecule has 8 N–H and O–H groups in total. The molecule has 0 spiro atoms. The van der Waals surface area contributed by atoms with Crippen molar-refractivity contribution in [2.45, 2.75) is 156 Å². The van der Waals surface area contributed by atoms with E-state index in [0.29, 0.717) is 12.8 Å². The minimum atomic E-state index is -3.57. The maximum absolute atomic E-state index is 12.2. The zero-order valence-electron chi connectivity index (χ0n) is 44.3. The van der Waals surface area contributed by atoms with Crippen LogP contribution >= 0.6 is 0 Å². The average molecular weight is 1150 g/mol. The fraction of sp³-hybridized carbons (Fsp3) is 0.509. The molecule has 0 amide bonds. The molecule has 4 aromatic rings. The van der Waals surface area contributed by atoms with Gasteiger partial charge in [-0.3, -0.25) is 19.2 Å². The highest BCUT2D eigenvalue weighted by molar-refractivity contribution is 7.93. The monoisotopic (exact) mass is 1140 g/mol. The summed E-state index contributed by atoms with van der Waals surface area (Å²) < 4.78 is 96.4. The smallest absolute Gasteiger partial charge is 0.185 e. The molecule has 0 aromatic heterocycles. The van der Waals surface area contributed by atoms with Gasteiger partial charge in [-0.15, -0.1) is 0 Å². The number of carbonyl (C=O) groups excluding carboxylic acids is 4. The standard InChI is InChI=1S/2C15H21NO3S.2C13H19NO3S.CH4/c2*16-15(12-7-3-1-4-8-12)14(17)11-20(18,19)13-9-5-2-6-10-13;2*1-10(2)8-12(14)13(15)9-18(16,17)11-6-4-3-5-7-11;/h2*2,5-6,9-10,12,15H,1,3-4,7-8,11,16H2;2*3-7,10,12H,8-9,14H2,1-2H3;1H4/t2*15-;2*12-;/m0000./s1. The number of benzene rings is 4. The summed E-state index contributed by atoms with van der Waals surface area (Å²) in [5, 5.41) is 0. The molecule has 0 unspecified atom stereocenters. The number of hydrogen-bond acceptors (Lipinski definition) is 16. The molecule has 428 valence electrons. The minimum Gasteiger partial charge on any atom is -0.321 e. The van der Waals surface area contributed by atoms with Gasteiger partial charge in [-0.05, 0) is 111 Å². The molecular formula is C57H84N4O12S4. The lowest BCUT2D eigenvalue weighted by Gasteiger charge is -2.26. The molecule has 6 rings (SSSR count). The van der Waals surface area contributed by atoms with Gasteiger partial charge in [0.1, 0.15) is 23.0 Å². The fourth-order valence-corrected chi connectivity index (χ4v) is 14.1. The topological polar surface area (TPSA) is 309 Å². The first-order valence-corrected chi connectivity index (χ1v) is 32.5. The van der Waals surface area contributed by atoms with Crippen LogP contribution in [0.4, 0.5) is 0 Å². The van der Waals surface area contributed by atoms with Crippen LogP contribution in [0.3, 0.4) is 0 Å².